The smallest absolute Gasteiger partial charge is 0.408 e. The van der Waals surface area contributed by atoms with Crippen LogP contribution in [0.4, 0.5) is 4.79 Å². The highest BCUT2D eigenvalue weighted by Gasteiger charge is 2.28. The number of carbonyl (C=O) groups is 4. The van der Waals surface area contributed by atoms with Crippen LogP contribution in [-0.4, -0.2) is 54.3 Å². The van der Waals surface area contributed by atoms with Crippen molar-refractivity contribution in [1.82, 2.24) is 16.0 Å². The Hall–Kier alpha value is -6.20. The lowest BCUT2D eigenvalue weighted by Crippen LogP contribution is -2.44. The first-order chi connectivity index (χ1) is 26.8. The largest absolute Gasteiger partial charge is 0.489 e. The second kappa shape index (κ2) is 22.8. The first-order valence-corrected chi connectivity index (χ1v) is 18.1. The number of alkyl carbamates (subject to hydrolysis) is 1. The zero-order valence-corrected chi connectivity index (χ0v) is 30.8. The lowest BCUT2D eigenvalue weighted by atomic mass is 9.97. The fraction of sp³-hybridized carbons (Fsp3) is 0.273. The third-order valence-corrected chi connectivity index (χ3v) is 8.60. The van der Waals surface area contributed by atoms with Crippen molar-refractivity contribution >= 4 is 23.9 Å². The molecule has 288 valence electrons. The third-order valence-electron chi connectivity index (χ3n) is 8.60. The van der Waals surface area contributed by atoms with Gasteiger partial charge in [0.1, 0.15) is 31.6 Å². The molecule has 55 heavy (non-hydrogen) atoms. The lowest BCUT2D eigenvalue weighted by molar-refractivity contribution is -0.147. The molecule has 4 aromatic carbocycles. The number of esters is 1. The van der Waals surface area contributed by atoms with Gasteiger partial charge in [0.05, 0.1) is 24.6 Å². The second-order valence-corrected chi connectivity index (χ2v) is 12.9. The summed E-state index contributed by atoms with van der Waals surface area (Å²) in [6.45, 7) is 7.34. The molecule has 0 heterocycles. The predicted molar refractivity (Wildman–Crippen MR) is 210 cm³/mol. The fourth-order valence-electron chi connectivity index (χ4n) is 5.65. The molecule has 4 aromatic rings. The fourth-order valence-corrected chi connectivity index (χ4v) is 5.65. The van der Waals surface area contributed by atoms with Crippen molar-refractivity contribution in [3.63, 3.8) is 0 Å². The van der Waals surface area contributed by atoms with Crippen molar-refractivity contribution in [1.29, 1.82) is 0 Å². The van der Waals surface area contributed by atoms with Gasteiger partial charge in [0.2, 0.25) is 11.8 Å². The maximum atomic E-state index is 13.7. The monoisotopic (exact) mass is 747 g/mol. The molecule has 0 radical (unpaired) electrons. The number of aliphatic hydroxyl groups excluding tert-OH is 1. The number of hydrogen-bond donors (Lipinski definition) is 4. The maximum Gasteiger partial charge on any atom is 0.408 e. The summed E-state index contributed by atoms with van der Waals surface area (Å²) in [6, 6.07) is 32.9. The van der Waals surface area contributed by atoms with Crippen LogP contribution in [0, 0.1) is 5.92 Å². The number of carbonyl (C=O) groups excluding carboxylic acids is 4. The van der Waals surface area contributed by atoms with E-state index in [4.69, 9.17) is 14.2 Å². The van der Waals surface area contributed by atoms with Crippen LogP contribution in [0.3, 0.4) is 0 Å². The van der Waals surface area contributed by atoms with E-state index >= 15 is 0 Å². The molecular weight excluding hydrogens is 698 g/mol. The van der Waals surface area contributed by atoms with Crippen LogP contribution in [0.15, 0.2) is 141 Å². The van der Waals surface area contributed by atoms with E-state index < -0.39 is 47.9 Å². The van der Waals surface area contributed by atoms with Gasteiger partial charge >= 0.3 is 12.1 Å². The van der Waals surface area contributed by atoms with Crippen molar-refractivity contribution in [2.24, 2.45) is 5.92 Å². The maximum absolute atomic E-state index is 13.7. The van der Waals surface area contributed by atoms with Crippen LogP contribution >= 0.6 is 0 Å². The summed E-state index contributed by atoms with van der Waals surface area (Å²) in [5.41, 5.74) is 3.40. The van der Waals surface area contributed by atoms with Crippen molar-refractivity contribution < 1.29 is 38.5 Å². The number of allylic oxidation sites excluding steroid dienone is 1. The molecule has 3 amide bonds. The first-order valence-electron chi connectivity index (χ1n) is 18.1. The van der Waals surface area contributed by atoms with Gasteiger partial charge in [-0.15, -0.1) is 13.2 Å². The molecule has 0 bridgehead atoms. The first kappa shape index (κ1) is 41.6. The summed E-state index contributed by atoms with van der Waals surface area (Å²) in [5, 5.41) is 18.4. The number of rotatable bonds is 22. The summed E-state index contributed by atoms with van der Waals surface area (Å²) >= 11 is 0. The van der Waals surface area contributed by atoms with E-state index in [-0.39, 0.29) is 39.1 Å². The molecule has 0 saturated heterocycles. The number of benzene rings is 4. The molecule has 0 fully saturated rings. The molecule has 11 heteroatoms. The highest BCUT2D eigenvalue weighted by Crippen LogP contribution is 2.19. The highest BCUT2D eigenvalue weighted by molar-refractivity contribution is 5.86. The third kappa shape index (κ3) is 14.6. The summed E-state index contributed by atoms with van der Waals surface area (Å²) in [4.78, 5) is 52.5. The summed E-state index contributed by atoms with van der Waals surface area (Å²) in [6.07, 6.45) is 2.72. The van der Waals surface area contributed by atoms with Gasteiger partial charge < -0.3 is 35.3 Å². The molecule has 4 atom stereocenters. The van der Waals surface area contributed by atoms with Gasteiger partial charge in [0.15, 0.2) is 0 Å². The average molecular weight is 748 g/mol. The van der Waals surface area contributed by atoms with Crippen LogP contribution < -0.4 is 20.7 Å². The molecule has 11 nitrogen and oxygen atoms in total. The molecule has 4 rings (SSSR count). The van der Waals surface area contributed by atoms with E-state index in [0.717, 1.165) is 16.7 Å². The van der Waals surface area contributed by atoms with Crippen LogP contribution in [0.2, 0.25) is 0 Å². The Morgan fingerprint density at radius 1 is 0.673 bits per heavy atom. The van der Waals surface area contributed by atoms with Crippen molar-refractivity contribution in [3.8, 4) is 5.75 Å². The Kier molecular flexibility index (Phi) is 17.2. The van der Waals surface area contributed by atoms with E-state index in [1.54, 1.807) is 30.3 Å². The average Bonchev–Trinajstić information content (AvgIpc) is 3.21. The second-order valence-electron chi connectivity index (χ2n) is 12.9. The van der Waals surface area contributed by atoms with E-state index in [0.29, 0.717) is 24.3 Å². The van der Waals surface area contributed by atoms with Crippen LogP contribution in [0.5, 0.6) is 5.75 Å². The van der Waals surface area contributed by atoms with Gasteiger partial charge in [-0.3, -0.25) is 9.59 Å². The van der Waals surface area contributed by atoms with Gasteiger partial charge in [-0.1, -0.05) is 115 Å². The van der Waals surface area contributed by atoms with Crippen LogP contribution in [0.25, 0.3) is 0 Å². The molecule has 0 aliphatic carbocycles. The lowest BCUT2D eigenvalue weighted by Gasteiger charge is -2.24. The van der Waals surface area contributed by atoms with Gasteiger partial charge in [0.25, 0.3) is 0 Å². The Morgan fingerprint density at radius 3 is 1.87 bits per heavy atom. The zero-order valence-electron chi connectivity index (χ0n) is 30.8. The van der Waals surface area contributed by atoms with Crippen LogP contribution in [-0.2, 0) is 43.5 Å². The summed E-state index contributed by atoms with van der Waals surface area (Å²) in [5.74, 6) is -1.69. The molecule has 0 saturated carbocycles. The molecule has 0 unspecified atom stereocenters. The topological polar surface area (TPSA) is 152 Å². The Bertz CT molecular complexity index is 1800. The van der Waals surface area contributed by atoms with E-state index in [1.807, 2.05) is 91.0 Å². The van der Waals surface area contributed by atoms with Crippen molar-refractivity contribution in [3.05, 3.63) is 163 Å². The van der Waals surface area contributed by atoms with E-state index in [1.165, 1.54) is 6.08 Å². The Morgan fingerprint density at radius 2 is 1.27 bits per heavy atom. The minimum absolute atomic E-state index is 0.0226. The molecule has 0 spiro atoms. The van der Waals surface area contributed by atoms with Gasteiger partial charge in [-0.05, 0) is 53.6 Å². The molecule has 0 aliphatic rings. The molecule has 0 aromatic heterocycles. The molecular formula is C44H49N3O8. The van der Waals surface area contributed by atoms with Gasteiger partial charge in [-0.25, -0.2) is 9.59 Å². The van der Waals surface area contributed by atoms with Crippen LogP contribution in [0.1, 0.15) is 47.6 Å². The zero-order chi connectivity index (χ0) is 39.3. The number of ether oxygens (including phenoxy) is 3. The Balaban J connectivity index is 1.32. The van der Waals surface area contributed by atoms with Crippen molar-refractivity contribution in [2.75, 3.05) is 13.2 Å². The highest BCUT2D eigenvalue weighted by atomic mass is 16.6. The molecule has 0 aliphatic heterocycles. The normalized spacial score (nSPS) is 12.8. The number of amides is 3. The van der Waals surface area contributed by atoms with Gasteiger partial charge in [-0.2, -0.15) is 0 Å². The number of nitrogens with one attached hydrogen (secondary N) is 3. The predicted octanol–water partition coefficient (Wildman–Crippen LogP) is 6.14. The minimum Gasteiger partial charge on any atom is -0.489 e. The summed E-state index contributed by atoms with van der Waals surface area (Å²) in [7, 11) is 0. The minimum atomic E-state index is -1.07. The summed E-state index contributed by atoms with van der Waals surface area (Å²) < 4.78 is 16.7. The Labute approximate surface area is 322 Å². The van der Waals surface area contributed by atoms with E-state index in [9.17, 15) is 24.3 Å². The van der Waals surface area contributed by atoms with Gasteiger partial charge in [0, 0.05) is 6.42 Å². The number of hydrogen-bond acceptors (Lipinski definition) is 8. The number of aliphatic hydroxyl groups is 1. The molecule has 4 N–H and O–H groups in total. The van der Waals surface area contributed by atoms with Crippen molar-refractivity contribution in [2.45, 2.75) is 57.0 Å². The quantitative estimate of drug-likeness (QED) is 0.0553. The SMILES string of the molecule is C=CC[C@H](CC(=O)N[C@H](CO)Cc1ccc(OCc2ccccc2)cc1)C(=O)N[C@@H](COC(=O)[C@@H](CC=C)NC(=O)OCc1ccccc1)c1ccccc1. The standard InChI is InChI=1S/C44H49N3O8/c1-3-14-36(27-41(49)45-37(28-48)26-32-22-24-38(25-23-32)53-29-33-16-8-5-9-17-33)42(50)46-40(35-20-12-7-13-21-35)31-54-43(51)39(15-4-2)47-44(52)55-30-34-18-10-6-11-19-34/h3-13,16-25,36-37,39-40,48H,1-2,14-15,26-31H2,(H,45,49)(H,46,50)(H,47,52)/t36-,37+,39-,40+/m1/s1. The van der Waals surface area contributed by atoms with E-state index in [2.05, 4.69) is 29.1 Å².